The smallest absolute Gasteiger partial charge is 0.330 e. The van der Waals surface area contributed by atoms with Crippen molar-refractivity contribution in [3.8, 4) is 0 Å². The second kappa shape index (κ2) is 13.4. The maximum atomic E-state index is 12.5. The number of aliphatic hydroxyl groups is 1. The summed E-state index contributed by atoms with van der Waals surface area (Å²) < 4.78 is 32.6. The van der Waals surface area contributed by atoms with Crippen molar-refractivity contribution in [1.82, 2.24) is 9.55 Å². The molecule has 5 rings (SSSR count). The third kappa shape index (κ3) is 5.45. The maximum Gasteiger partial charge on any atom is 0.330 e. The third-order valence-corrected chi connectivity index (χ3v) is 8.35. The summed E-state index contributed by atoms with van der Waals surface area (Å²) in [5.74, 6) is -1.61. The molecular formula is C34H38N2O8. The summed E-state index contributed by atoms with van der Waals surface area (Å²) in [6.07, 6.45) is -2.17. The number of rotatable bonds is 12. The molecule has 10 nitrogen and oxygen atoms in total. The molecule has 1 aromatic heterocycles. The lowest BCUT2D eigenvalue weighted by Crippen LogP contribution is -2.64. The predicted octanol–water partition coefficient (Wildman–Crippen LogP) is 3.51. The summed E-state index contributed by atoms with van der Waals surface area (Å²) in [7, 11) is 4.59. The molecule has 1 fully saturated rings. The second-order valence-electron chi connectivity index (χ2n) is 10.7. The first-order chi connectivity index (χ1) is 21.3. The standard InChI is InChI=1S/C34H38N2O8/c1-23-21-36(32(39)35-30(23)38)29-20-27(37)28(44-29)22-43-31(40-2)34(41-3,42-4)33(24-14-8-5-9-15-24,25-16-10-6-11-17-25)26-18-12-7-13-19-26/h5-19,21,27-29,31,37H,20,22H2,1-4H3,(H,35,38,39)/t27?,28-,29-,31?/m1/s1. The fourth-order valence-electron chi connectivity index (χ4n) is 6.28. The number of aliphatic hydroxyl groups excluding tert-OH is 1. The van der Waals surface area contributed by atoms with Crippen LogP contribution in [0.5, 0.6) is 0 Å². The topological polar surface area (TPSA) is 121 Å². The highest BCUT2D eigenvalue weighted by atomic mass is 16.8. The van der Waals surface area contributed by atoms with Gasteiger partial charge < -0.3 is 28.8 Å². The lowest BCUT2D eigenvalue weighted by molar-refractivity contribution is -0.353. The molecule has 0 aliphatic carbocycles. The van der Waals surface area contributed by atoms with E-state index in [4.69, 9.17) is 23.7 Å². The van der Waals surface area contributed by atoms with Crippen molar-refractivity contribution in [2.24, 2.45) is 0 Å². The molecule has 232 valence electrons. The summed E-state index contributed by atoms with van der Waals surface area (Å²) in [6, 6.07) is 29.6. The van der Waals surface area contributed by atoms with Gasteiger partial charge in [0.25, 0.3) is 5.56 Å². The van der Waals surface area contributed by atoms with E-state index < -0.39 is 47.2 Å². The van der Waals surface area contributed by atoms with Crippen molar-refractivity contribution >= 4 is 0 Å². The van der Waals surface area contributed by atoms with E-state index in [1.165, 1.54) is 17.9 Å². The molecule has 4 atom stereocenters. The van der Waals surface area contributed by atoms with Crippen LogP contribution in [-0.4, -0.2) is 66.9 Å². The zero-order chi connectivity index (χ0) is 31.3. The van der Waals surface area contributed by atoms with Crippen LogP contribution in [-0.2, 0) is 29.1 Å². The minimum atomic E-state index is -1.61. The number of aromatic amines is 1. The Balaban J connectivity index is 1.56. The number of H-pyrrole nitrogens is 1. The molecule has 1 saturated heterocycles. The number of hydrogen-bond donors (Lipinski definition) is 2. The molecule has 0 saturated carbocycles. The van der Waals surface area contributed by atoms with Gasteiger partial charge in [-0.2, -0.15) is 0 Å². The number of benzene rings is 3. The van der Waals surface area contributed by atoms with Gasteiger partial charge >= 0.3 is 5.69 Å². The van der Waals surface area contributed by atoms with Crippen molar-refractivity contribution in [3.05, 3.63) is 140 Å². The molecule has 10 heteroatoms. The van der Waals surface area contributed by atoms with Crippen LogP contribution in [0.4, 0.5) is 0 Å². The molecule has 2 heterocycles. The Morgan fingerprint density at radius 1 is 0.886 bits per heavy atom. The van der Waals surface area contributed by atoms with Crippen molar-refractivity contribution in [2.45, 2.75) is 49.3 Å². The average molecular weight is 603 g/mol. The predicted molar refractivity (Wildman–Crippen MR) is 163 cm³/mol. The minimum Gasteiger partial charge on any atom is -0.390 e. The lowest BCUT2D eigenvalue weighted by atomic mass is 9.63. The van der Waals surface area contributed by atoms with Crippen LogP contribution in [0.2, 0.25) is 0 Å². The van der Waals surface area contributed by atoms with Gasteiger partial charge in [0.1, 0.15) is 17.7 Å². The monoisotopic (exact) mass is 602 g/mol. The Labute approximate surface area is 255 Å². The van der Waals surface area contributed by atoms with E-state index in [1.54, 1.807) is 21.1 Å². The van der Waals surface area contributed by atoms with E-state index in [-0.39, 0.29) is 13.0 Å². The first-order valence-corrected chi connectivity index (χ1v) is 14.4. The molecule has 4 aromatic rings. The van der Waals surface area contributed by atoms with Crippen molar-refractivity contribution in [3.63, 3.8) is 0 Å². The van der Waals surface area contributed by atoms with E-state index in [0.29, 0.717) is 5.56 Å². The number of aryl methyl sites for hydroxylation is 1. The molecular weight excluding hydrogens is 564 g/mol. The van der Waals surface area contributed by atoms with Gasteiger partial charge in [-0.25, -0.2) is 4.79 Å². The second-order valence-corrected chi connectivity index (χ2v) is 10.7. The highest BCUT2D eigenvalue weighted by Crippen LogP contribution is 2.51. The molecule has 1 aliphatic heterocycles. The van der Waals surface area contributed by atoms with Gasteiger partial charge in [-0.1, -0.05) is 91.0 Å². The summed E-state index contributed by atoms with van der Waals surface area (Å²) in [5, 5.41) is 10.9. The zero-order valence-corrected chi connectivity index (χ0v) is 25.2. The number of aromatic nitrogens is 2. The Morgan fingerprint density at radius 2 is 1.39 bits per heavy atom. The molecule has 3 aromatic carbocycles. The molecule has 0 radical (unpaired) electrons. The van der Waals surface area contributed by atoms with Gasteiger partial charge in [0, 0.05) is 39.5 Å². The maximum absolute atomic E-state index is 12.5. The summed E-state index contributed by atoms with van der Waals surface area (Å²) in [4.78, 5) is 26.6. The summed E-state index contributed by atoms with van der Waals surface area (Å²) in [5.41, 5.74) is 0.766. The van der Waals surface area contributed by atoms with Crippen LogP contribution in [0.25, 0.3) is 0 Å². The van der Waals surface area contributed by atoms with Crippen molar-refractivity contribution in [2.75, 3.05) is 27.9 Å². The average Bonchev–Trinajstić information content (AvgIpc) is 3.43. The van der Waals surface area contributed by atoms with Crippen LogP contribution in [0.15, 0.2) is 107 Å². The largest absolute Gasteiger partial charge is 0.390 e. The van der Waals surface area contributed by atoms with E-state index >= 15 is 0 Å². The fraction of sp³-hybridized carbons (Fsp3) is 0.353. The molecule has 0 spiro atoms. The van der Waals surface area contributed by atoms with Gasteiger partial charge in [-0.3, -0.25) is 14.3 Å². The summed E-state index contributed by atoms with van der Waals surface area (Å²) in [6.45, 7) is 1.48. The van der Waals surface area contributed by atoms with Crippen LogP contribution in [0.3, 0.4) is 0 Å². The summed E-state index contributed by atoms with van der Waals surface area (Å²) >= 11 is 0. The number of nitrogens with zero attached hydrogens (tertiary/aromatic N) is 1. The van der Waals surface area contributed by atoms with Crippen LogP contribution < -0.4 is 11.2 Å². The highest BCUT2D eigenvalue weighted by molar-refractivity contribution is 5.53. The van der Waals surface area contributed by atoms with E-state index in [1.807, 2.05) is 91.0 Å². The number of hydrogen-bond acceptors (Lipinski definition) is 8. The van der Waals surface area contributed by atoms with E-state index in [9.17, 15) is 14.7 Å². The van der Waals surface area contributed by atoms with E-state index in [0.717, 1.165) is 16.7 Å². The quantitative estimate of drug-likeness (QED) is 0.187. The Bertz CT molecular complexity index is 1520. The first-order valence-electron chi connectivity index (χ1n) is 14.4. The number of ether oxygens (including phenoxy) is 5. The van der Waals surface area contributed by atoms with Gasteiger partial charge in [-0.15, -0.1) is 0 Å². The van der Waals surface area contributed by atoms with Crippen molar-refractivity contribution < 1.29 is 28.8 Å². The Hall–Kier alpha value is -3.90. The van der Waals surface area contributed by atoms with Gasteiger partial charge in [-0.05, 0) is 23.6 Å². The zero-order valence-electron chi connectivity index (χ0n) is 25.2. The number of nitrogens with one attached hydrogen (secondary N) is 1. The molecule has 1 aliphatic rings. The lowest BCUT2D eigenvalue weighted by Gasteiger charge is -2.52. The van der Waals surface area contributed by atoms with Gasteiger partial charge in [0.2, 0.25) is 12.1 Å². The van der Waals surface area contributed by atoms with Crippen LogP contribution in [0.1, 0.15) is 34.9 Å². The van der Waals surface area contributed by atoms with E-state index in [2.05, 4.69) is 4.98 Å². The highest BCUT2D eigenvalue weighted by Gasteiger charge is 2.62. The Kier molecular flexibility index (Phi) is 9.59. The van der Waals surface area contributed by atoms with Gasteiger partial charge in [0.15, 0.2) is 0 Å². The fourth-order valence-corrected chi connectivity index (χ4v) is 6.28. The number of methoxy groups -OCH3 is 3. The Morgan fingerprint density at radius 3 is 1.84 bits per heavy atom. The van der Waals surface area contributed by atoms with Crippen LogP contribution in [0, 0.1) is 6.92 Å². The molecule has 0 bridgehead atoms. The third-order valence-electron chi connectivity index (χ3n) is 8.35. The normalized spacial score (nSPS) is 19.6. The SMILES string of the molecule is COC(OC[C@H]1O[C@@H](n2cc(C)c(=O)[nH]c2=O)CC1O)C(OC)(OC)C(c1ccccc1)(c1ccccc1)c1ccccc1. The first kappa shape index (κ1) is 31.5. The minimum absolute atomic E-state index is 0.115. The molecule has 0 amide bonds. The molecule has 2 N–H and O–H groups in total. The van der Waals surface area contributed by atoms with Crippen molar-refractivity contribution in [1.29, 1.82) is 0 Å². The van der Waals surface area contributed by atoms with Crippen LogP contribution >= 0.6 is 0 Å². The van der Waals surface area contributed by atoms with Gasteiger partial charge in [0.05, 0.1) is 12.7 Å². The molecule has 44 heavy (non-hydrogen) atoms. The molecule has 2 unspecified atom stereocenters.